The van der Waals surface area contributed by atoms with Gasteiger partial charge in [-0.05, 0) is 25.0 Å². The highest BCUT2D eigenvalue weighted by molar-refractivity contribution is 5.82. The monoisotopic (exact) mass is 291 g/mol. The normalized spacial score (nSPS) is 23.4. The average Bonchev–Trinajstić information content (AvgIpc) is 2.55. The molecule has 0 saturated heterocycles. The largest absolute Gasteiger partial charge is 0.485 e. The first-order valence-corrected chi connectivity index (χ1v) is 7.54. The number of para-hydroxylation sites is 2. The molecule has 0 aromatic heterocycles. The molecule has 2 aliphatic rings. The van der Waals surface area contributed by atoms with Crippen molar-refractivity contribution in [3.63, 3.8) is 0 Å². The van der Waals surface area contributed by atoms with Gasteiger partial charge in [0.25, 0.3) is 5.91 Å². The van der Waals surface area contributed by atoms with Gasteiger partial charge in [-0.2, -0.15) is 0 Å². The molecule has 1 aliphatic carbocycles. The SMILES string of the molecule is O=C(NC1(CO)CCCCC1)C1COc2ccccc2O1. The number of benzene rings is 1. The molecule has 0 bridgehead atoms. The first-order valence-electron chi connectivity index (χ1n) is 7.54. The number of rotatable bonds is 3. The average molecular weight is 291 g/mol. The fraction of sp³-hybridized carbons (Fsp3) is 0.562. The summed E-state index contributed by atoms with van der Waals surface area (Å²) < 4.78 is 11.3. The number of hydrogen-bond acceptors (Lipinski definition) is 4. The fourth-order valence-corrected chi connectivity index (χ4v) is 3.04. The Hall–Kier alpha value is -1.75. The van der Waals surface area contributed by atoms with Gasteiger partial charge in [-0.3, -0.25) is 4.79 Å². The molecular formula is C16H21NO4. The van der Waals surface area contributed by atoms with E-state index >= 15 is 0 Å². The first kappa shape index (κ1) is 14.2. The molecule has 0 radical (unpaired) electrons. The van der Waals surface area contributed by atoms with Crippen molar-refractivity contribution in [2.75, 3.05) is 13.2 Å². The lowest BCUT2D eigenvalue weighted by atomic mass is 9.82. The summed E-state index contributed by atoms with van der Waals surface area (Å²) in [5.74, 6) is 1.04. The van der Waals surface area contributed by atoms with Crippen molar-refractivity contribution in [3.05, 3.63) is 24.3 Å². The Morgan fingerprint density at radius 3 is 2.67 bits per heavy atom. The van der Waals surface area contributed by atoms with Gasteiger partial charge in [0, 0.05) is 0 Å². The molecule has 1 atom stereocenters. The molecule has 1 aromatic carbocycles. The molecule has 1 amide bonds. The van der Waals surface area contributed by atoms with E-state index in [0.717, 1.165) is 32.1 Å². The van der Waals surface area contributed by atoms with Crippen molar-refractivity contribution in [2.24, 2.45) is 0 Å². The third-order valence-corrected chi connectivity index (χ3v) is 4.30. The van der Waals surface area contributed by atoms with Crippen LogP contribution < -0.4 is 14.8 Å². The maximum absolute atomic E-state index is 12.4. The van der Waals surface area contributed by atoms with Gasteiger partial charge in [-0.15, -0.1) is 0 Å². The summed E-state index contributed by atoms with van der Waals surface area (Å²) in [5, 5.41) is 12.6. The van der Waals surface area contributed by atoms with Gasteiger partial charge in [-0.25, -0.2) is 0 Å². The second kappa shape index (κ2) is 5.93. The predicted molar refractivity (Wildman–Crippen MR) is 77.4 cm³/mol. The van der Waals surface area contributed by atoms with E-state index in [1.807, 2.05) is 18.2 Å². The van der Waals surface area contributed by atoms with Crippen molar-refractivity contribution < 1.29 is 19.4 Å². The highest BCUT2D eigenvalue weighted by Gasteiger charge is 2.36. The summed E-state index contributed by atoms with van der Waals surface area (Å²) in [6.45, 7) is 0.174. The zero-order valence-electron chi connectivity index (χ0n) is 12.0. The van der Waals surface area contributed by atoms with Crippen molar-refractivity contribution in [1.82, 2.24) is 5.32 Å². The van der Waals surface area contributed by atoms with Crippen LogP contribution in [0.4, 0.5) is 0 Å². The zero-order chi connectivity index (χ0) is 14.7. The Balaban J connectivity index is 1.66. The third kappa shape index (κ3) is 2.97. The Bertz CT molecular complexity index is 511. The van der Waals surface area contributed by atoms with Crippen LogP contribution in [0.25, 0.3) is 0 Å². The molecule has 21 heavy (non-hydrogen) atoms. The minimum absolute atomic E-state index is 0.0249. The Labute approximate surface area is 124 Å². The van der Waals surface area contributed by atoms with Gasteiger partial charge in [0.2, 0.25) is 6.10 Å². The Morgan fingerprint density at radius 1 is 1.24 bits per heavy atom. The standard InChI is InChI=1S/C16H21NO4/c18-11-16(8-4-1-5-9-16)17-15(19)14-10-20-12-6-2-3-7-13(12)21-14/h2-3,6-7,14,18H,1,4-5,8-11H2,(H,17,19). The summed E-state index contributed by atoms with van der Waals surface area (Å²) in [6.07, 6.45) is 4.20. The third-order valence-electron chi connectivity index (χ3n) is 4.30. The molecule has 3 rings (SSSR count). The van der Waals surface area contributed by atoms with Gasteiger partial charge < -0.3 is 19.9 Å². The molecular weight excluding hydrogens is 270 g/mol. The van der Waals surface area contributed by atoms with Crippen molar-refractivity contribution in [2.45, 2.75) is 43.7 Å². The molecule has 1 saturated carbocycles. The lowest BCUT2D eigenvalue weighted by molar-refractivity contribution is -0.133. The van der Waals surface area contributed by atoms with Crippen LogP contribution >= 0.6 is 0 Å². The second-order valence-electron chi connectivity index (χ2n) is 5.85. The van der Waals surface area contributed by atoms with E-state index in [2.05, 4.69) is 5.32 Å². The molecule has 2 N–H and O–H groups in total. The molecule has 5 nitrogen and oxygen atoms in total. The summed E-state index contributed by atoms with van der Waals surface area (Å²) in [7, 11) is 0. The maximum atomic E-state index is 12.4. The Morgan fingerprint density at radius 2 is 1.95 bits per heavy atom. The quantitative estimate of drug-likeness (QED) is 0.888. The lowest BCUT2D eigenvalue weighted by Gasteiger charge is -2.38. The van der Waals surface area contributed by atoms with Crippen LogP contribution in [0.2, 0.25) is 0 Å². The van der Waals surface area contributed by atoms with Gasteiger partial charge in [0.1, 0.15) is 6.61 Å². The van der Waals surface area contributed by atoms with E-state index in [0.29, 0.717) is 11.5 Å². The summed E-state index contributed by atoms with van der Waals surface area (Å²) in [6, 6.07) is 7.32. The number of aliphatic hydroxyl groups excluding tert-OH is 1. The van der Waals surface area contributed by atoms with Gasteiger partial charge >= 0.3 is 0 Å². The smallest absolute Gasteiger partial charge is 0.265 e. The van der Waals surface area contributed by atoms with Crippen LogP contribution in [-0.2, 0) is 4.79 Å². The Kier molecular flexibility index (Phi) is 4.01. The van der Waals surface area contributed by atoms with E-state index < -0.39 is 11.6 Å². The van der Waals surface area contributed by atoms with Gasteiger partial charge in [-0.1, -0.05) is 31.4 Å². The predicted octanol–water partition coefficient (Wildman–Crippen LogP) is 1.64. The van der Waals surface area contributed by atoms with Crippen LogP contribution in [0.5, 0.6) is 11.5 Å². The second-order valence-corrected chi connectivity index (χ2v) is 5.85. The number of amides is 1. The highest BCUT2D eigenvalue weighted by Crippen LogP contribution is 2.32. The van der Waals surface area contributed by atoms with Crippen molar-refractivity contribution in [3.8, 4) is 11.5 Å². The van der Waals surface area contributed by atoms with Gasteiger partial charge in [0.15, 0.2) is 11.5 Å². The van der Waals surface area contributed by atoms with Crippen LogP contribution in [0, 0.1) is 0 Å². The molecule has 1 heterocycles. The topological polar surface area (TPSA) is 67.8 Å². The summed E-state index contributed by atoms with van der Waals surface area (Å²) in [4.78, 5) is 12.4. The zero-order valence-corrected chi connectivity index (χ0v) is 12.0. The van der Waals surface area contributed by atoms with Crippen LogP contribution in [0.15, 0.2) is 24.3 Å². The molecule has 114 valence electrons. The first-order chi connectivity index (χ1) is 10.2. The molecule has 5 heteroatoms. The van der Waals surface area contributed by atoms with E-state index in [1.165, 1.54) is 0 Å². The van der Waals surface area contributed by atoms with Gasteiger partial charge in [0.05, 0.1) is 12.1 Å². The minimum atomic E-state index is -0.662. The maximum Gasteiger partial charge on any atom is 0.265 e. The van der Waals surface area contributed by atoms with E-state index in [1.54, 1.807) is 6.07 Å². The van der Waals surface area contributed by atoms with Crippen LogP contribution in [-0.4, -0.2) is 35.9 Å². The van der Waals surface area contributed by atoms with E-state index in [4.69, 9.17) is 9.47 Å². The van der Waals surface area contributed by atoms with Crippen molar-refractivity contribution in [1.29, 1.82) is 0 Å². The minimum Gasteiger partial charge on any atom is -0.485 e. The summed E-state index contributed by atoms with van der Waals surface area (Å²) in [5.41, 5.74) is -0.490. The molecule has 1 aromatic rings. The molecule has 1 unspecified atom stereocenters. The van der Waals surface area contributed by atoms with E-state index in [9.17, 15) is 9.90 Å². The highest BCUT2D eigenvalue weighted by atomic mass is 16.6. The number of carbonyl (C=O) groups is 1. The number of ether oxygens (including phenoxy) is 2. The molecule has 1 fully saturated rings. The molecule has 1 aliphatic heterocycles. The van der Waals surface area contributed by atoms with Crippen molar-refractivity contribution >= 4 is 5.91 Å². The lowest BCUT2D eigenvalue weighted by Crippen LogP contribution is -2.57. The van der Waals surface area contributed by atoms with Crippen LogP contribution in [0.3, 0.4) is 0 Å². The van der Waals surface area contributed by atoms with Crippen LogP contribution in [0.1, 0.15) is 32.1 Å². The summed E-state index contributed by atoms with van der Waals surface area (Å²) >= 11 is 0. The number of hydrogen-bond donors (Lipinski definition) is 2. The number of carbonyl (C=O) groups excluding carboxylic acids is 1. The number of aliphatic hydroxyl groups is 1. The number of fused-ring (bicyclic) bond motifs is 1. The number of nitrogens with one attached hydrogen (secondary N) is 1. The van der Waals surface area contributed by atoms with E-state index in [-0.39, 0.29) is 19.1 Å². The molecule has 0 spiro atoms. The fourth-order valence-electron chi connectivity index (χ4n) is 3.04.